The van der Waals surface area contributed by atoms with E-state index in [1.165, 1.54) is 24.3 Å². The predicted molar refractivity (Wildman–Crippen MR) is 81.7 cm³/mol. The molecule has 2 rings (SSSR count). The molecule has 1 aliphatic rings. The minimum atomic E-state index is -4.57. The Labute approximate surface area is 138 Å². The van der Waals surface area contributed by atoms with Gasteiger partial charge in [0, 0.05) is 24.3 Å². The number of benzene rings is 1. The highest BCUT2D eigenvalue weighted by atomic mass is 19.4. The molecule has 0 unspecified atom stereocenters. The van der Waals surface area contributed by atoms with Crippen molar-refractivity contribution in [2.24, 2.45) is 10.2 Å². The van der Waals surface area contributed by atoms with E-state index < -0.39 is 11.8 Å². The lowest BCUT2D eigenvalue weighted by molar-refractivity contribution is -0.166. The molecule has 24 heavy (non-hydrogen) atoms. The third-order valence-electron chi connectivity index (χ3n) is 3.79. The van der Waals surface area contributed by atoms with E-state index in [0.29, 0.717) is 19.6 Å². The van der Waals surface area contributed by atoms with Gasteiger partial charge in [-0.1, -0.05) is 12.1 Å². The third-order valence-corrected chi connectivity index (χ3v) is 3.79. The maximum atomic E-state index is 12.9. The lowest BCUT2D eigenvalue weighted by Crippen LogP contribution is -2.33. The number of ether oxygens (including phenoxy) is 1. The van der Waals surface area contributed by atoms with Crippen molar-refractivity contribution in [1.29, 1.82) is 0 Å². The van der Waals surface area contributed by atoms with Crippen LogP contribution < -0.4 is 5.32 Å². The summed E-state index contributed by atoms with van der Waals surface area (Å²) in [6.07, 6.45) is -3.94. The zero-order chi connectivity index (χ0) is 18.0. The van der Waals surface area contributed by atoms with Gasteiger partial charge in [-0.15, -0.1) is 10.2 Å². The molecule has 0 atom stereocenters. The van der Waals surface area contributed by atoms with Gasteiger partial charge in [-0.05, 0) is 39.3 Å². The fourth-order valence-corrected chi connectivity index (χ4v) is 2.34. The van der Waals surface area contributed by atoms with Gasteiger partial charge < -0.3 is 10.1 Å². The van der Waals surface area contributed by atoms with Gasteiger partial charge in [0.2, 0.25) is 0 Å². The molecule has 0 bridgehead atoms. The van der Waals surface area contributed by atoms with Crippen LogP contribution in [0.3, 0.4) is 0 Å². The average molecular weight is 343 g/mol. The number of nitrogens with zero attached hydrogens (tertiary/aromatic N) is 2. The van der Waals surface area contributed by atoms with Crippen LogP contribution in [0, 0.1) is 0 Å². The molecule has 1 amide bonds. The number of rotatable bonds is 7. The van der Waals surface area contributed by atoms with Gasteiger partial charge in [-0.2, -0.15) is 13.2 Å². The molecule has 0 aliphatic carbocycles. The van der Waals surface area contributed by atoms with Crippen molar-refractivity contribution in [2.75, 3.05) is 13.2 Å². The maximum Gasteiger partial charge on any atom is 0.442 e. The Bertz CT molecular complexity index is 618. The van der Waals surface area contributed by atoms with Crippen LogP contribution >= 0.6 is 0 Å². The molecule has 1 heterocycles. The zero-order valence-corrected chi connectivity index (χ0v) is 13.8. The number of amides is 1. The molecule has 0 fully saturated rings. The van der Waals surface area contributed by atoms with Crippen LogP contribution in [-0.4, -0.2) is 30.8 Å². The van der Waals surface area contributed by atoms with Crippen LogP contribution in [0.4, 0.5) is 13.2 Å². The van der Waals surface area contributed by atoms with Crippen LogP contribution in [0.1, 0.15) is 43.1 Å². The summed E-state index contributed by atoms with van der Waals surface area (Å²) in [4.78, 5) is 12.0. The number of alkyl halides is 3. The molecule has 0 aromatic heterocycles. The standard InChI is InChI=1S/C16H20F3N3O2/c1-4-24-14(2,3)9-10-20-13(23)11-5-7-12(8-6-11)15(21-22-15)16(17,18)19/h5-8H,4,9-10H2,1-3H3,(H,20,23). The lowest BCUT2D eigenvalue weighted by Gasteiger charge is -2.24. The Kier molecular flexibility index (Phi) is 4.98. The Hall–Kier alpha value is -1.96. The van der Waals surface area contributed by atoms with Gasteiger partial charge in [-0.3, -0.25) is 4.79 Å². The highest BCUT2D eigenvalue weighted by Gasteiger charge is 2.65. The third kappa shape index (κ3) is 3.92. The van der Waals surface area contributed by atoms with Crippen LogP contribution in [-0.2, 0) is 10.4 Å². The molecule has 1 N–H and O–H groups in total. The number of hydrogen-bond donors (Lipinski definition) is 1. The first-order valence-corrected chi connectivity index (χ1v) is 7.65. The van der Waals surface area contributed by atoms with E-state index >= 15 is 0 Å². The summed E-state index contributed by atoms with van der Waals surface area (Å²) >= 11 is 0. The number of halogens is 3. The van der Waals surface area contributed by atoms with Gasteiger partial charge in [-0.25, -0.2) is 0 Å². The number of carbonyl (C=O) groups excluding carboxylic acids is 1. The van der Waals surface area contributed by atoms with Crippen molar-refractivity contribution in [3.05, 3.63) is 35.4 Å². The zero-order valence-electron chi connectivity index (χ0n) is 13.8. The fraction of sp³-hybridized carbons (Fsp3) is 0.562. The summed E-state index contributed by atoms with van der Waals surface area (Å²) in [6.45, 7) is 6.74. The molecular weight excluding hydrogens is 323 g/mol. The van der Waals surface area contributed by atoms with E-state index in [-0.39, 0.29) is 22.6 Å². The molecule has 5 nitrogen and oxygen atoms in total. The van der Waals surface area contributed by atoms with Crippen LogP contribution in [0.2, 0.25) is 0 Å². The summed E-state index contributed by atoms with van der Waals surface area (Å²) in [5.41, 5.74) is -2.61. The van der Waals surface area contributed by atoms with Crippen LogP contribution in [0.5, 0.6) is 0 Å². The smallest absolute Gasteiger partial charge is 0.376 e. The monoisotopic (exact) mass is 343 g/mol. The number of nitrogens with one attached hydrogen (secondary N) is 1. The maximum absolute atomic E-state index is 12.9. The van der Waals surface area contributed by atoms with Crippen LogP contribution in [0.15, 0.2) is 34.5 Å². The first-order chi connectivity index (χ1) is 11.1. The van der Waals surface area contributed by atoms with Gasteiger partial charge in [0.1, 0.15) is 0 Å². The normalized spacial score (nSPS) is 16.1. The largest absolute Gasteiger partial charge is 0.442 e. The second-order valence-electron chi connectivity index (χ2n) is 6.15. The van der Waals surface area contributed by atoms with E-state index in [1.54, 1.807) is 0 Å². The van der Waals surface area contributed by atoms with Gasteiger partial charge in [0.25, 0.3) is 5.91 Å². The Morgan fingerprint density at radius 1 is 1.21 bits per heavy atom. The van der Waals surface area contributed by atoms with Crippen molar-refractivity contribution in [1.82, 2.24) is 5.32 Å². The van der Waals surface area contributed by atoms with Gasteiger partial charge in [0.05, 0.1) is 5.60 Å². The first-order valence-electron chi connectivity index (χ1n) is 7.65. The van der Waals surface area contributed by atoms with Crippen molar-refractivity contribution in [3.63, 3.8) is 0 Å². The SMILES string of the molecule is CCOC(C)(C)CCNC(=O)c1ccc(C2(C(F)(F)F)N=N2)cc1. The first kappa shape index (κ1) is 18.4. The predicted octanol–water partition coefficient (Wildman–Crippen LogP) is 3.80. The lowest BCUT2D eigenvalue weighted by atomic mass is 10.0. The molecule has 1 aromatic carbocycles. The topological polar surface area (TPSA) is 63.0 Å². The molecule has 8 heteroatoms. The average Bonchev–Trinajstić information content (AvgIpc) is 3.28. The van der Waals surface area contributed by atoms with Crippen molar-refractivity contribution < 1.29 is 22.7 Å². The Balaban J connectivity index is 1.93. The molecular formula is C16H20F3N3O2. The molecule has 0 spiro atoms. The molecule has 0 saturated heterocycles. The van der Waals surface area contributed by atoms with Gasteiger partial charge in [0.15, 0.2) is 0 Å². The summed E-state index contributed by atoms with van der Waals surface area (Å²) < 4.78 is 44.2. The number of carbonyl (C=O) groups is 1. The number of hydrogen-bond acceptors (Lipinski definition) is 4. The van der Waals surface area contributed by atoms with E-state index in [2.05, 4.69) is 15.5 Å². The van der Waals surface area contributed by atoms with Crippen molar-refractivity contribution in [2.45, 2.75) is 44.6 Å². The van der Waals surface area contributed by atoms with Crippen molar-refractivity contribution >= 4 is 5.91 Å². The minimum Gasteiger partial charge on any atom is -0.376 e. The molecule has 1 aliphatic heterocycles. The quantitative estimate of drug-likeness (QED) is 0.818. The summed E-state index contributed by atoms with van der Waals surface area (Å²) in [5.74, 6) is -0.348. The van der Waals surface area contributed by atoms with Crippen LogP contribution in [0.25, 0.3) is 0 Å². The van der Waals surface area contributed by atoms with E-state index in [9.17, 15) is 18.0 Å². The molecule has 0 saturated carbocycles. The Morgan fingerprint density at radius 3 is 2.25 bits per heavy atom. The Morgan fingerprint density at radius 2 is 1.79 bits per heavy atom. The summed E-state index contributed by atoms with van der Waals surface area (Å²) in [5, 5.41) is 8.99. The van der Waals surface area contributed by atoms with Crippen molar-refractivity contribution in [3.8, 4) is 0 Å². The molecule has 1 aromatic rings. The second-order valence-corrected chi connectivity index (χ2v) is 6.15. The molecule has 0 radical (unpaired) electrons. The molecule has 132 valence electrons. The van der Waals surface area contributed by atoms with E-state index in [0.717, 1.165) is 0 Å². The summed E-state index contributed by atoms with van der Waals surface area (Å²) in [7, 11) is 0. The minimum absolute atomic E-state index is 0.0935. The highest BCUT2D eigenvalue weighted by Crippen LogP contribution is 2.52. The highest BCUT2D eigenvalue weighted by molar-refractivity contribution is 5.94. The van der Waals surface area contributed by atoms with E-state index in [4.69, 9.17) is 4.74 Å². The summed E-state index contributed by atoms with van der Waals surface area (Å²) in [6, 6.07) is 5.14. The van der Waals surface area contributed by atoms with E-state index in [1.807, 2.05) is 20.8 Å². The fourth-order valence-electron chi connectivity index (χ4n) is 2.34. The van der Waals surface area contributed by atoms with Gasteiger partial charge >= 0.3 is 11.8 Å². The second kappa shape index (κ2) is 6.51.